The normalized spacial score (nSPS) is 37.5. The van der Waals surface area contributed by atoms with Crippen molar-refractivity contribution in [3.63, 3.8) is 0 Å². The van der Waals surface area contributed by atoms with Crippen LogP contribution in [0.2, 0.25) is 0 Å². The SMILES string of the molecule is C[NH+]1C(CCC(=O)N2CCN(C3CCCC[NH2+]3)CC2)CNC(=O)C2C1CCN2CC1CCCCN1. The van der Waals surface area contributed by atoms with Crippen LogP contribution in [0.3, 0.4) is 0 Å². The number of nitrogens with two attached hydrogens (primary N) is 1. The van der Waals surface area contributed by atoms with Crippen LogP contribution < -0.4 is 20.9 Å². The second kappa shape index (κ2) is 11.9. The van der Waals surface area contributed by atoms with Gasteiger partial charge in [-0.3, -0.25) is 19.4 Å². The highest BCUT2D eigenvalue weighted by atomic mass is 16.2. The molecule has 6 unspecified atom stereocenters. The lowest BCUT2D eigenvalue weighted by molar-refractivity contribution is -0.928. The molecule has 5 N–H and O–H groups in total. The molecule has 5 heterocycles. The third-order valence-corrected chi connectivity index (χ3v) is 9.62. The molecule has 5 rings (SSSR count). The van der Waals surface area contributed by atoms with Crippen LogP contribution >= 0.6 is 0 Å². The Hall–Kier alpha value is -1.26. The Labute approximate surface area is 211 Å². The predicted molar refractivity (Wildman–Crippen MR) is 135 cm³/mol. The van der Waals surface area contributed by atoms with Crippen molar-refractivity contribution in [1.82, 2.24) is 25.3 Å². The number of carbonyl (C=O) groups is 2. The quantitative estimate of drug-likeness (QED) is 0.332. The zero-order valence-electron chi connectivity index (χ0n) is 21.9. The molecule has 0 spiro atoms. The molecular weight excluding hydrogens is 442 g/mol. The van der Waals surface area contributed by atoms with E-state index >= 15 is 0 Å². The second-order valence-electron chi connectivity index (χ2n) is 11.7. The highest BCUT2D eigenvalue weighted by Crippen LogP contribution is 2.21. The van der Waals surface area contributed by atoms with Crippen LogP contribution in [0.25, 0.3) is 0 Å². The van der Waals surface area contributed by atoms with E-state index in [4.69, 9.17) is 0 Å². The molecule has 35 heavy (non-hydrogen) atoms. The summed E-state index contributed by atoms with van der Waals surface area (Å²) in [5.74, 6) is 0.501. The fourth-order valence-electron chi connectivity index (χ4n) is 7.39. The molecule has 5 saturated heterocycles. The van der Waals surface area contributed by atoms with E-state index in [9.17, 15) is 9.59 Å². The number of rotatable bonds is 6. The summed E-state index contributed by atoms with van der Waals surface area (Å²) in [7, 11) is 2.26. The number of hydrogen-bond acceptors (Lipinski definition) is 5. The number of hydrogen-bond donors (Lipinski definition) is 4. The van der Waals surface area contributed by atoms with Crippen molar-refractivity contribution >= 4 is 11.8 Å². The van der Waals surface area contributed by atoms with Crippen molar-refractivity contribution in [3.8, 4) is 0 Å². The van der Waals surface area contributed by atoms with E-state index in [1.54, 1.807) is 0 Å². The molecule has 0 saturated carbocycles. The van der Waals surface area contributed by atoms with Gasteiger partial charge >= 0.3 is 0 Å². The summed E-state index contributed by atoms with van der Waals surface area (Å²) in [5, 5.41) is 9.39. The van der Waals surface area contributed by atoms with Crippen molar-refractivity contribution in [1.29, 1.82) is 0 Å². The number of likely N-dealkylation sites (tertiary alicyclic amines) is 1. The van der Waals surface area contributed by atoms with Gasteiger partial charge in [0.15, 0.2) is 0 Å². The van der Waals surface area contributed by atoms with Crippen LogP contribution in [-0.2, 0) is 9.59 Å². The summed E-state index contributed by atoms with van der Waals surface area (Å²) in [6, 6.07) is 1.13. The highest BCUT2D eigenvalue weighted by Gasteiger charge is 2.48. The van der Waals surface area contributed by atoms with Gasteiger partial charge in [-0.25, -0.2) is 0 Å². The number of quaternary nitrogens is 2. The zero-order valence-corrected chi connectivity index (χ0v) is 21.9. The van der Waals surface area contributed by atoms with Crippen LogP contribution in [0.5, 0.6) is 0 Å². The standard InChI is InChI=1S/C26H47N7O2/c1-30-21(8-9-24(34)32-16-14-31(15-17-32)23-7-3-5-12-28-23)18-29-26(35)25-22(30)10-13-33(25)19-20-6-2-4-11-27-20/h20-23,25,27-28H,2-19H2,1H3,(H,29,35)/p+2. The Bertz CT molecular complexity index is 716. The van der Waals surface area contributed by atoms with Crippen molar-refractivity contribution in [2.45, 2.75) is 88.1 Å². The summed E-state index contributed by atoms with van der Waals surface area (Å²) in [6.45, 7) is 8.76. The fraction of sp³-hybridized carbons (Fsp3) is 0.923. The van der Waals surface area contributed by atoms with Crippen molar-refractivity contribution in [3.05, 3.63) is 0 Å². The predicted octanol–water partition coefficient (Wildman–Crippen LogP) is -2.42. The molecule has 6 atom stereocenters. The third kappa shape index (κ3) is 6.01. The summed E-state index contributed by atoms with van der Waals surface area (Å²) in [4.78, 5) is 34.7. The summed E-state index contributed by atoms with van der Waals surface area (Å²) in [5.41, 5.74) is 0. The number of piperidine rings is 2. The Kier molecular flexibility index (Phi) is 8.60. The topological polar surface area (TPSA) is 89.0 Å². The van der Waals surface area contributed by atoms with E-state index in [0.29, 0.717) is 43.2 Å². The minimum absolute atomic E-state index is 0.0240. The largest absolute Gasteiger partial charge is 0.349 e. The number of nitrogens with one attached hydrogen (secondary N) is 3. The van der Waals surface area contributed by atoms with E-state index in [0.717, 1.165) is 58.7 Å². The van der Waals surface area contributed by atoms with Gasteiger partial charge in [0.05, 0.1) is 20.1 Å². The van der Waals surface area contributed by atoms with Gasteiger partial charge in [0.2, 0.25) is 11.8 Å². The van der Waals surface area contributed by atoms with Gasteiger partial charge in [0.25, 0.3) is 0 Å². The van der Waals surface area contributed by atoms with Crippen LogP contribution in [-0.4, -0.2) is 123 Å². The third-order valence-electron chi connectivity index (χ3n) is 9.62. The molecule has 5 aliphatic heterocycles. The number of nitrogens with zero attached hydrogens (tertiary/aromatic N) is 3. The van der Waals surface area contributed by atoms with Crippen LogP contribution in [0, 0.1) is 0 Å². The lowest BCUT2D eigenvalue weighted by Crippen LogP contribution is -3.18. The Morgan fingerprint density at radius 3 is 2.63 bits per heavy atom. The average molecular weight is 492 g/mol. The first-order chi connectivity index (χ1) is 17.1. The van der Waals surface area contributed by atoms with Gasteiger partial charge in [-0.05, 0) is 32.2 Å². The molecule has 198 valence electrons. The van der Waals surface area contributed by atoms with Gasteiger partial charge in [-0.1, -0.05) is 6.42 Å². The maximum atomic E-state index is 13.1. The van der Waals surface area contributed by atoms with Crippen LogP contribution in [0.1, 0.15) is 57.8 Å². The van der Waals surface area contributed by atoms with Gasteiger partial charge in [-0.2, -0.15) is 0 Å². The van der Waals surface area contributed by atoms with E-state index in [-0.39, 0.29) is 11.9 Å². The molecule has 0 aromatic heterocycles. The number of amides is 2. The lowest BCUT2D eigenvalue weighted by Gasteiger charge is -2.39. The van der Waals surface area contributed by atoms with Gasteiger partial charge < -0.3 is 25.8 Å². The molecule has 0 aliphatic carbocycles. The highest BCUT2D eigenvalue weighted by molar-refractivity contribution is 5.83. The lowest BCUT2D eigenvalue weighted by atomic mass is 10.0. The Morgan fingerprint density at radius 1 is 1.06 bits per heavy atom. The maximum Gasteiger partial charge on any atom is 0.243 e. The van der Waals surface area contributed by atoms with Gasteiger partial charge in [0, 0.05) is 71.0 Å². The zero-order chi connectivity index (χ0) is 24.2. The Balaban J connectivity index is 1.10. The van der Waals surface area contributed by atoms with E-state index in [1.165, 1.54) is 50.0 Å². The molecule has 0 aromatic rings. The summed E-state index contributed by atoms with van der Waals surface area (Å²) < 4.78 is 0. The number of carbonyl (C=O) groups excluding carboxylic acids is 2. The molecule has 9 heteroatoms. The van der Waals surface area contributed by atoms with E-state index in [1.807, 2.05) is 0 Å². The van der Waals surface area contributed by atoms with Gasteiger partial charge in [0.1, 0.15) is 24.3 Å². The van der Waals surface area contributed by atoms with E-state index < -0.39 is 0 Å². The van der Waals surface area contributed by atoms with Crippen molar-refractivity contribution < 1.29 is 19.8 Å². The monoisotopic (exact) mass is 491 g/mol. The number of likely N-dealkylation sites (N-methyl/N-ethyl adjacent to an activating group) is 1. The van der Waals surface area contributed by atoms with E-state index in [2.05, 4.69) is 37.7 Å². The minimum atomic E-state index is -0.0240. The minimum Gasteiger partial charge on any atom is -0.349 e. The molecule has 9 nitrogen and oxygen atoms in total. The van der Waals surface area contributed by atoms with Gasteiger partial charge in [-0.15, -0.1) is 0 Å². The fourth-order valence-corrected chi connectivity index (χ4v) is 7.39. The molecule has 5 fully saturated rings. The molecule has 0 bridgehead atoms. The maximum absolute atomic E-state index is 13.1. The van der Waals surface area contributed by atoms with Crippen molar-refractivity contribution in [2.24, 2.45) is 0 Å². The molecule has 0 aromatic carbocycles. The molecule has 5 aliphatic rings. The van der Waals surface area contributed by atoms with Crippen LogP contribution in [0.15, 0.2) is 0 Å². The van der Waals surface area contributed by atoms with Crippen LogP contribution in [0.4, 0.5) is 0 Å². The molecular formula is C26H49N7O2+2. The summed E-state index contributed by atoms with van der Waals surface area (Å²) in [6.07, 6.45) is 10.9. The molecule has 0 radical (unpaired) electrons. The first-order valence-electron chi connectivity index (χ1n) is 14.5. The Morgan fingerprint density at radius 2 is 1.89 bits per heavy atom. The first kappa shape index (κ1) is 25.4. The average Bonchev–Trinajstić information content (AvgIpc) is 3.27. The second-order valence-corrected chi connectivity index (χ2v) is 11.7. The number of piperazine rings is 1. The molecule has 2 amide bonds. The first-order valence-corrected chi connectivity index (χ1v) is 14.5. The van der Waals surface area contributed by atoms with Crippen molar-refractivity contribution in [2.75, 3.05) is 66.0 Å². The number of fused-ring (bicyclic) bond motifs is 1. The smallest absolute Gasteiger partial charge is 0.243 e. The summed E-state index contributed by atoms with van der Waals surface area (Å²) >= 11 is 0.